The van der Waals surface area contributed by atoms with Gasteiger partial charge in [-0.05, 0) is 61.8 Å². The minimum atomic E-state index is -4.36. The fraction of sp³-hybridized carbons (Fsp3) is 0.533. The van der Waals surface area contributed by atoms with Crippen LogP contribution in [0.15, 0.2) is 24.3 Å². The smallest absolute Gasteiger partial charge is 0.349 e. The molecule has 0 unspecified atom stereocenters. The van der Waals surface area contributed by atoms with E-state index in [2.05, 4.69) is 5.32 Å². The molecule has 2 aliphatic rings. The van der Waals surface area contributed by atoms with Gasteiger partial charge in [-0.2, -0.15) is 13.2 Å². The number of hydrogen-bond donors (Lipinski definition) is 1. The highest BCUT2D eigenvalue weighted by Gasteiger charge is 2.42. The molecule has 5 heteroatoms. The van der Waals surface area contributed by atoms with E-state index in [1.165, 1.54) is 12.1 Å². The Hall–Kier alpha value is -1.52. The van der Waals surface area contributed by atoms with Gasteiger partial charge in [0, 0.05) is 11.6 Å². The van der Waals surface area contributed by atoms with Gasteiger partial charge in [0.1, 0.15) is 0 Å². The van der Waals surface area contributed by atoms with Gasteiger partial charge >= 0.3 is 6.18 Å². The number of rotatable bonds is 4. The van der Waals surface area contributed by atoms with Crippen LogP contribution in [0.4, 0.5) is 13.2 Å². The molecular formula is C15H16F3NO. The summed E-state index contributed by atoms with van der Waals surface area (Å²) in [6.45, 7) is 0. The normalized spacial score (nSPS) is 19.2. The van der Waals surface area contributed by atoms with Gasteiger partial charge in [-0.3, -0.25) is 4.79 Å². The van der Waals surface area contributed by atoms with Gasteiger partial charge in [0.2, 0.25) is 0 Å². The molecule has 1 N–H and O–H groups in total. The summed E-state index contributed by atoms with van der Waals surface area (Å²) in [5.41, 5.74) is -0.431. The van der Waals surface area contributed by atoms with E-state index < -0.39 is 11.7 Å². The second-order valence-corrected chi connectivity index (χ2v) is 5.75. The predicted molar refractivity (Wildman–Crippen MR) is 68.1 cm³/mol. The van der Waals surface area contributed by atoms with Crippen molar-refractivity contribution < 1.29 is 18.0 Å². The van der Waals surface area contributed by atoms with E-state index in [1.54, 1.807) is 0 Å². The lowest BCUT2D eigenvalue weighted by molar-refractivity contribution is -0.137. The molecule has 0 radical (unpaired) electrons. The maximum Gasteiger partial charge on any atom is 0.416 e. The van der Waals surface area contributed by atoms with Crippen molar-refractivity contribution in [1.82, 2.24) is 5.32 Å². The first-order chi connectivity index (χ1) is 9.45. The summed E-state index contributed by atoms with van der Waals surface area (Å²) in [5, 5.41) is 3.00. The highest BCUT2D eigenvalue weighted by molar-refractivity contribution is 5.94. The van der Waals surface area contributed by atoms with Gasteiger partial charge in [-0.25, -0.2) is 0 Å². The molecule has 0 heterocycles. The Morgan fingerprint density at radius 2 is 1.55 bits per heavy atom. The Labute approximate surface area is 115 Å². The van der Waals surface area contributed by atoms with E-state index >= 15 is 0 Å². The molecule has 0 atom stereocenters. The molecule has 108 valence electrons. The largest absolute Gasteiger partial charge is 0.416 e. The summed E-state index contributed by atoms with van der Waals surface area (Å²) >= 11 is 0. The molecule has 2 nitrogen and oxygen atoms in total. The Morgan fingerprint density at radius 3 is 1.95 bits per heavy atom. The van der Waals surface area contributed by atoms with Crippen LogP contribution >= 0.6 is 0 Å². The number of nitrogens with one attached hydrogen (secondary N) is 1. The number of benzene rings is 1. The number of amides is 1. The molecule has 0 aliphatic heterocycles. The zero-order chi connectivity index (χ0) is 14.3. The maximum absolute atomic E-state index is 12.5. The maximum atomic E-state index is 12.5. The van der Waals surface area contributed by atoms with Crippen molar-refractivity contribution in [1.29, 1.82) is 0 Å². The Morgan fingerprint density at radius 1 is 1.05 bits per heavy atom. The summed E-state index contributed by atoms with van der Waals surface area (Å²) < 4.78 is 37.4. The third-order valence-electron chi connectivity index (χ3n) is 4.03. The van der Waals surface area contributed by atoms with Crippen molar-refractivity contribution in [2.24, 2.45) is 11.8 Å². The second kappa shape index (κ2) is 4.79. The van der Waals surface area contributed by atoms with Gasteiger partial charge in [0.05, 0.1) is 5.56 Å². The summed E-state index contributed by atoms with van der Waals surface area (Å²) in [7, 11) is 0. The van der Waals surface area contributed by atoms with Gasteiger partial charge < -0.3 is 5.32 Å². The van der Waals surface area contributed by atoms with E-state index in [-0.39, 0.29) is 11.9 Å². The zero-order valence-corrected chi connectivity index (χ0v) is 10.9. The molecule has 1 amide bonds. The summed E-state index contributed by atoms with van der Waals surface area (Å²) in [5.74, 6) is 0.879. The minimum absolute atomic E-state index is 0.213. The minimum Gasteiger partial charge on any atom is -0.349 e. The van der Waals surface area contributed by atoms with Crippen LogP contribution in [0.2, 0.25) is 0 Å². The van der Waals surface area contributed by atoms with Crippen LogP contribution in [-0.2, 0) is 6.18 Å². The molecule has 2 saturated carbocycles. The second-order valence-electron chi connectivity index (χ2n) is 5.75. The van der Waals surface area contributed by atoms with Crippen LogP contribution in [-0.4, -0.2) is 11.9 Å². The average Bonchev–Trinajstić information content (AvgIpc) is 3.28. The first-order valence-corrected chi connectivity index (χ1v) is 6.93. The van der Waals surface area contributed by atoms with Crippen molar-refractivity contribution in [2.75, 3.05) is 0 Å². The van der Waals surface area contributed by atoms with Crippen LogP contribution in [0, 0.1) is 11.8 Å². The molecular weight excluding hydrogens is 267 g/mol. The van der Waals surface area contributed by atoms with Crippen LogP contribution < -0.4 is 5.32 Å². The molecule has 0 saturated heterocycles. The highest BCUT2D eigenvalue weighted by atomic mass is 19.4. The quantitative estimate of drug-likeness (QED) is 0.898. The van der Waals surface area contributed by atoms with Gasteiger partial charge in [-0.15, -0.1) is 0 Å². The zero-order valence-electron chi connectivity index (χ0n) is 10.9. The fourth-order valence-electron chi connectivity index (χ4n) is 2.58. The van der Waals surface area contributed by atoms with Crippen molar-refractivity contribution in [3.8, 4) is 0 Å². The Kier molecular flexibility index (Phi) is 3.22. The SMILES string of the molecule is O=C(NC(C1CC1)C1CC1)c1ccc(C(F)(F)F)cc1. The molecule has 0 bridgehead atoms. The topological polar surface area (TPSA) is 29.1 Å². The highest BCUT2D eigenvalue weighted by Crippen LogP contribution is 2.44. The number of carbonyl (C=O) groups is 1. The standard InChI is InChI=1S/C15H16F3NO/c16-15(17,18)12-7-5-11(6-8-12)14(20)19-13(9-1-2-9)10-3-4-10/h5-10,13H,1-4H2,(H,19,20). The molecule has 2 aliphatic carbocycles. The van der Waals surface area contributed by atoms with Crippen LogP contribution in [0.25, 0.3) is 0 Å². The van der Waals surface area contributed by atoms with Crippen molar-refractivity contribution in [3.63, 3.8) is 0 Å². The van der Waals surface area contributed by atoms with Gasteiger partial charge in [0.15, 0.2) is 0 Å². The predicted octanol–water partition coefficient (Wildman–Crippen LogP) is 3.62. The molecule has 0 spiro atoms. The molecule has 0 aromatic heterocycles. The molecule has 20 heavy (non-hydrogen) atoms. The first kappa shape index (κ1) is 13.5. The van der Waals surface area contributed by atoms with E-state index in [1.807, 2.05) is 0 Å². The Balaban J connectivity index is 1.67. The summed E-state index contributed by atoms with van der Waals surface area (Å²) in [4.78, 5) is 12.1. The monoisotopic (exact) mass is 283 g/mol. The van der Waals surface area contributed by atoms with Crippen molar-refractivity contribution in [2.45, 2.75) is 37.9 Å². The average molecular weight is 283 g/mol. The van der Waals surface area contributed by atoms with Gasteiger partial charge in [-0.1, -0.05) is 0 Å². The number of hydrogen-bond acceptors (Lipinski definition) is 1. The fourth-order valence-corrected chi connectivity index (χ4v) is 2.58. The van der Waals surface area contributed by atoms with Crippen LogP contribution in [0.5, 0.6) is 0 Å². The van der Waals surface area contributed by atoms with Crippen molar-refractivity contribution in [3.05, 3.63) is 35.4 Å². The molecule has 2 fully saturated rings. The molecule has 1 aromatic rings. The Bertz CT molecular complexity index is 489. The number of halogens is 3. The van der Waals surface area contributed by atoms with E-state index in [4.69, 9.17) is 0 Å². The van der Waals surface area contributed by atoms with Crippen LogP contribution in [0.1, 0.15) is 41.6 Å². The van der Waals surface area contributed by atoms with Crippen LogP contribution in [0.3, 0.4) is 0 Å². The van der Waals surface area contributed by atoms with E-state index in [0.717, 1.165) is 37.8 Å². The lowest BCUT2D eigenvalue weighted by Gasteiger charge is -2.17. The first-order valence-electron chi connectivity index (χ1n) is 6.93. The van der Waals surface area contributed by atoms with E-state index in [0.29, 0.717) is 17.4 Å². The van der Waals surface area contributed by atoms with Gasteiger partial charge in [0.25, 0.3) is 5.91 Å². The molecule has 3 rings (SSSR count). The lowest BCUT2D eigenvalue weighted by atomic mass is 10.1. The van der Waals surface area contributed by atoms with Crippen molar-refractivity contribution >= 4 is 5.91 Å². The lowest BCUT2D eigenvalue weighted by Crippen LogP contribution is -2.38. The summed E-state index contributed by atoms with van der Waals surface area (Å²) in [6.07, 6.45) is 0.228. The summed E-state index contributed by atoms with van der Waals surface area (Å²) in [6, 6.07) is 4.62. The third kappa shape index (κ3) is 2.97. The number of carbonyl (C=O) groups excluding carboxylic acids is 1. The molecule has 1 aromatic carbocycles. The third-order valence-corrected chi connectivity index (χ3v) is 4.03. The number of alkyl halides is 3. The van der Waals surface area contributed by atoms with E-state index in [9.17, 15) is 18.0 Å².